The maximum absolute atomic E-state index is 13.4. The highest BCUT2D eigenvalue weighted by molar-refractivity contribution is 7.80. The number of carbonyl (C=O) groups excluding carboxylic acids is 3. The Bertz CT molecular complexity index is 847. The molecule has 0 aromatic heterocycles. The van der Waals surface area contributed by atoms with Crippen LogP contribution in [0.4, 0.5) is 4.79 Å². The van der Waals surface area contributed by atoms with Crippen LogP contribution in [-0.4, -0.2) is 53.3 Å². The highest BCUT2D eigenvalue weighted by Crippen LogP contribution is 2.25. The summed E-state index contributed by atoms with van der Waals surface area (Å²) in [6.45, 7) is 9.24. The zero-order valence-corrected chi connectivity index (χ0v) is 21.6. The number of rotatable bonds is 7. The summed E-state index contributed by atoms with van der Waals surface area (Å²) in [7, 11) is 1.59. The molecule has 8 heteroatoms. The van der Waals surface area contributed by atoms with Gasteiger partial charge in [-0.15, -0.1) is 0 Å². The van der Waals surface area contributed by atoms with Crippen molar-refractivity contribution in [1.82, 2.24) is 15.5 Å². The molecule has 1 aliphatic carbocycles. The predicted octanol–water partition coefficient (Wildman–Crippen LogP) is 4.07. The Morgan fingerprint density at radius 1 is 1.12 bits per heavy atom. The summed E-state index contributed by atoms with van der Waals surface area (Å²) in [6, 6.07) is 4.16. The van der Waals surface area contributed by atoms with Gasteiger partial charge in [-0.25, -0.2) is 4.79 Å². The third kappa shape index (κ3) is 7.95. The van der Waals surface area contributed by atoms with Gasteiger partial charge in [0.05, 0.1) is 0 Å². The number of aryl methyl sites for hydroxylation is 2. The number of nitrogens with zero attached hydrogens (tertiary/aromatic N) is 1. The molecule has 3 amide bonds. The average Bonchev–Trinajstić information content (AvgIpc) is 2.73. The van der Waals surface area contributed by atoms with E-state index in [0.717, 1.165) is 42.4 Å². The summed E-state index contributed by atoms with van der Waals surface area (Å²) < 4.78 is 5.29. The van der Waals surface area contributed by atoms with Crippen molar-refractivity contribution in [3.8, 4) is 0 Å². The fourth-order valence-electron chi connectivity index (χ4n) is 4.02. The minimum atomic E-state index is -0.926. The number of benzene rings is 1. The molecule has 2 N–H and O–H groups in total. The van der Waals surface area contributed by atoms with Gasteiger partial charge in [0.1, 0.15) is 17.7 Å². The van der Waals surface area contributed by atoms with Gasteiger partial charge in [-0.1, -0.05) is 37.5 Å². The Kier molecular flexibility index (Phi) is 9.64. The molecule has 0 spiro atoms. The van der Waals surface area contributed by atoms with Crippen molar-refractivity contribution in [3.63, 3.8) is 0 Å². The highest BCUT2D eigenvalue weighted by atomic mass is 32.1. The van der Waals surface area contributed by atoms with Gasteiger partial charge in [-0.05, 0) is 64.2 Å². The second-order valence-electron chi connectivity index (χ2n) is 9.92. The van der Waals surface area contributed by atoms with Crippen LogP contribution in [0.1, 0.15) is 75.6 Å². The Labute approximate surface area is 203 Å². The topological polar surface area (TPSA) is 87.7 Å². The third-order valence-electron chi connectivity index (χ3n) is 5.95. The van der Waals surface area contributed by atoms with Crippen LogP contribution in [0, 0.1) is 13.8 Å². The quantitative estimate of drug-likeness (QED) is 0.517. The molecule has 2 rings (SSSR count). The number of ether oxygens (including phenoxy) is 1. The van der Waals surface area contributed by atoms with Gasteiger partial charge < -0.3 is 20.3 Å². The largest absolute Gasteiger partial charge is 0.444 e. The lowest BCUT2D eigenvalue weighted by Crippen LogP contribution is -2.53. The summed E-state index contributed by atoms with van der Waals surface area (Å²) in [5.41, 5.74) is 2.19. The summed E-state index contributed by atoms with van der Waals surface area (Å²) in [5.74, 6) is -0.541. The van der Waals surface area contributed by atoms with Crippen LogP contribution in [-0.2, 0) is 14.3 Å². The zero-order chi connectivity index (χ0) is 24.8. The van der Waals surface area contributed by atoms with Crippen LogP contribution in [0.15, 0.2) is 18.2 Å². The van der Waals surface area contributed by atoms with Crippen LogP contribution in [0.3, 0.4) is 0 Å². The van der Waals surface area contributed by atoms with Crippen LogP contribution in [0.2, 0.25) is 0 Å². The first kappa shape index (κ1) is 27.0. The van der Waals surface area contributed by atoms with Crippen molar-refractivity contribution in [2.45, 2.75) is 90.4 Å². The number of amides is 3. The Morgan fingerprint density at radius 2 is 1.76 bits per heavy atom. The van der Waals surface area contributed by atoms with Gasteiger partial charge in [-0.2, -0.15) is 12.6 Å². The van der Waals surface area contributed by atoms with E-state index in [1.807, 2.05) is 32.0 Å². The van der Waals surface area contributed by atoms with Crippen LogP contribution in [0.5, 0.6) is 0 Å². The fraction of sp³-hybridized carbons (Fsp3) is 0.640. The second kappa shape index (κ2) is 11.8. The minimum Gasteiger partial charge on any atom is -0.444 e. The molecule has 2 atom stereocenters. The zero-order valence-electron chi connectivity index (χ0n) is 20.7. The number of hydrogen-bond donors (Lipinski definition) is 3. The van der Waals surface area contributed by atoms with Crippen molar-refractivity contribution in [2.75, 3.05) is 12.8 Å². The summed E-state index contributed by atoms with van der Waals surface area (Å²) in [4.78, 5) is 40.5. The van der Waals surface area contributed by atoms with E-state index in [4.69, 9.17) is 4.74 Å². The van der Waals surface area contributed by atoms with Crippen molar-refractivity contribution in [1.29, 1.82) is 0 Å². The molecule has 0 radical (unpaired) electrons. The molecule has 184 valence electrons. The SMILES string of the molecule is Cc1ccc(C(C(=O)NC2CCCCC2)N(C)C(=O)C(CS)NC(=O)OC(C)(C)C)cc1C. The van der Waals surface area contributed by atoms with E-state index in [1.165, 1.54) is 11.3 Å². The van der Waals surface area contributed by atoms with E-state index >= 15 is 0 Å². The van der Waals surface area contributed by atoms with Crippen LogP contribution in [0.25, 0.3) is 0 Å². The summed E-state index contributed by atoms with van der Waals surface area (Å²) in [5, 5.41) is 5.74. The Morgan fingerprint density at radius 3 is 2.30 bits per heavy atom. The highest BCUT2D eigenvalue weighted by Gasteiger charge is 2.34. The number of hydrogen-bond acceptors (Lipinski definition) is 5. The number of carbonyl (C=O) groups is 3. The number of alkyl carbamates (subject to hydrolysis) is 1. The molecule has 1 saturated carbocycles. The van der Waals surface area contributed by atoms with E-state index < -0.39 is 29.7 Å². The predicted molar refractivity (Wildman–Crippen MR) is 133 cm³/mol. The first-order valence-electron chi connectivity index (χ1n) is 11.7. The van der Waals surface area contributed by atoms with Gasteiger partial charge in [0.25, 0.3) is 0 Å². The molecule has 33 heavy (non-hydrogen) atoms. The smallest absolute Gasteiger partial charge is 0.408 e. The fourth-order valence-corrected chi connectivity index (χ4v) is 4.27. The second-order valence-corrected chi connectivity index (χ2v) is 10.3. The molecule has 1 aliphatic rings. The average molecular weight is 478 g/mol. The van der Waals surface area contributed by atoms with E-state index in [1.54, 1.807) is 27.8 Å². The lowest BCUT2D eigenvalue weighted by molar-refractivity contribution is -0.140. The first-order valence-corrected chi connectivity index (χ1v) is 12.3. The molecule has 2 unspecified atom stereocenters. The molecule has 0 aliphatic heterocycles. The van der Waals surface area contributed by atoms with Gasteiger partial charge in [0.15, 0.2) is 0 Å². The van der Waals surface area contributed by atoms with E-state index in [-0.39, 0.29) is 17.7 Å². The minimum absolute atomic E-state index is 0.0757. The van der Waals surface area contributed by atoms with Crippen molar-refractivity contribution < 1.29 is 19.1 Å². The van der Waals surface area contributed by atoms with Gasteiger partial charge in [0.2, 0.25) is 11.8 Å². The maximum Gasteiger partial charge on any atom is 0.408 e. The molecule has 0 bridgehead atoms. The monoisotopic (exact) mass is 477 g/mol. The van der Waals surface area contributed by atoms with E-state index in [9.17, 15) is 14.4 Å². The van der Waals surface area contributed by atoms with Crippen molar-refractivity contribution in [3.05, 3.63) is 34.9 Å². The van der Waals surface area contributed by atoms with Crippen molar-refractivity contribution >= 4 is 30.5 Å². The number of nitrogens with one attached hydrogen (secondary N) is 2. The maximum atomic E-state index is 13.4. The van der Waals surface area contributed by atoms with Crippen LogP contribution < -0.4 is 10.6 Å². The molecule has 1 fully saturated rings. The molecular formula is C25H39N3O4S. The third-order valence-corrected chi connectivity index (χ3v) is 6.32. The number of likely N-dealkylation sites (N-methyl/N-ethyl adjacent to an activating group) is 1. The molecule has 0 heterocycles. The Balaban J connectivity index is 2.27. The van der Waals surface area contributed by atoms with E-state index in [2.05, 4.69) is 23.3 Å². The normalized spacial score (nSPS) is 16.5. The van der Waals surface area contributed by atoms with Gasteiger partial charge in [-0.3, -0.25) is 9.59 Å². The number of thiol groups is 1. The molecule has 1 aromatic carbocycles. The molecule has 7 nitrogen and oxygen atoms in total. The molecule has 0 saturated heterocycles. The lowest BCUT2D eigenvalue weighted by Gasteiger charge is -2.33. The van der Waals surface area contributed by atoms with Gasteiger partial charge >= 0.3 is 6.09 Å². The summed E-state index contributed by atoms with van der Waals surface area (Å²) in [6.07, 6.45) is 4.57. The molecular weight excluding hydrogens is 438 g/mol. The Hall–Kier alpha value is -2.22. The van der Waals surface area contributed by atoms with Gasteiger partial charge in [0, 0.05) is 18.8 Å². The first-order chi connectivity index (χ1) is 15.4. The molecule has 1 aromatic rings. The van der Waals surface area contributed by atoms with E-state index in [0.29, 0.717) is 0 Å². The van der Waals surface area contributed by atoms with Crippen molar-refractivity contribution in [2.24, 2.45) is 0 Å². The summed E-state index contributed by atoms with van der Waals surface area (Å²) >= 11 is 4.26. The van der Waals surface area contributed by atoms with Crippen LogP contribution >= 0.6 is 12.6 Å². The standard InChI is InChI=1S/C25H39N3O4S/c1-16-12-13-18(14-17(16)2)21(22(29)26-19-10-8-7-9-11-19)28(6)23(30)20(15-33)27-24(31)32-25(3,4)5/h12-14,19-21,33H,7-11,15H2,1-6H3,(H,26,29)(H,27,31). The lowest BCUT2D eigenvalue weighted by atomic mass is 9.94.